The van der Waals surface area contributed by atoms with Crippen LogP contribution >= 0.6 is 0 Å². The summed E-state index contributed by atoms with van der Waals surface area (Å²) in [6.07, 6.45) is 1.52. The normalized spacial score (nSPS) is 14.9. The van der Waals surface area contributed by atoms with Gasteiger partial charge in [0.1, 0.15) is 5.75 Å². The highest BCUT2D eigenvalue weighted by molar-refractivity contribution is 5.81. The quantitative estimate of drug-likeness (QED) is 0.291. The van der Waals surface area contributed by atoms with Crippen LogP contribution < -0.4 is 20.3 Å². The van der Waals surface area contributed by atoms with Crippen molar-refractivity contribution in [2.75, 3.05) is 77.5 Å². The number of amides is 1. The summed E-state index contributed by atoms with van der Waals surface area (Å²) >= 11 is 0. The number of guanidine groups is 1. The molecule has 0 atom stereocenters. The van der Waals surface area contributed by atoms with Crippen molar-refractivity contribution in [3.63, 3.8) is 0 Å². The van der Waals surface area contributed by atoms with Gasteiger partial charge in [0.25, 0.3) is 0 Å². The average Bonchev–Trinajstić information content (AvgIpc) is 2.83. The molecule has 32 heavy (non-hydrogen) atoms. The molecule has 0 aliphatic carbocycles. The van der Waals surface area contributed by atoms with E-state index in [1.807, 2.05) is 30.9 Å². The van der Waals surface area contributed by atoms with E-state index in [1.165, 1.54) is 5.69 Å². The van der Waals surface area contributed by atoms with Crippen molar-refractivity contribution >= 4 is 17.6 Å². The topological polar surface area (TPSA) is 72.4 Å². The summed E-state index contributed by atoms with van der Waals surface area (Å²) in [5.74, 6) is 1.88. The van der Waals surface area contributed by atoms with Crippen molar-refractivity contribution in [3.05, 3.63) is 24.3 Å². The summed E-state index contributed by atoms with van der Waals surface area (Å²) in [4.78, 5) is 23.6. The Labute approximate surface area is 194 Å². The maximum Gasteiger partial charge on any atom is 0.224 e. The first-order chi connectivity index (χ1) is 15.6. The molecule has 1 aromatic rings. The number of carbonyl (C=O) groups is 1. The molecular weight excluding hydrogens is 404 g/mol. The Morgan fingerprint density at radius 2 is 1.75 bits per heavy atom. The molecule has 0 unspecified atom stereocenters. The summed E-state index contributed by atoms with van der Waals surface area (Å²) in [5, 5.41) is 6.56. The van der Waals surface area contributed by atoms with Gasteiger partial charge in [0.2, 0.25) is 5.91 Å². The van der Waals surface area contributed by atoms with E-state index in [0.29, 0.717) is 13.0 Å². The Morgan fingerprint density at radius 3 is 2.34 bits per heavy atom. The van der Waals surface area contributed by atoms with E-state index in [-0.39, 0.29) is 5.91 Å². The first-order valence-electron chi connectivity index (χ1n) is 12.0. The zero-order chi connectivity index (χ0) is 23.2. The van der Waals surface area contributed by atoms with E-state index in [1.54, 1.807) is 7.11 Å². The molecule has 2 N–H and O–H groups in total. The molecule has 1 aliphatic rings. The predicted molar refractivity (Wildman–Crippen MR) is 133 cm³/mol. The van der Waals surface area contributed by atoms with E-state index in [2.05, 4.69) is 44.5 Å². The van der Waals surface area contributed by atoms with Gasteiger partial charge in [-0.15, -0.1) is 0 Å². The molecule has 1 aliphatic heterocycles. The van der Waals surface area contributed by atoms with Gasteiger partial charge < -0.3 is 25.2 Å². The fraction of sp³-hybridized carbons (Fsp3) is 0.667. The standard InChI is InChI=1S/C24H42N6O2/c1-5-25-24(27-15-13-23(31)29(6-2)7-3)26-14-8-16-28-17-19-30(20-18-28)21-9-11-22(32-4)12-10-21/h9-12H,5-8,13-20H2,1-4H3,(H2,25,26,27). The Kier molecular flexibility index (Phi) is 11.7. The van der Waals surface area contributed by atoms with Crippen LogP contribution in [-0.4, -0.2) is 94.2 Å². The van der Waals surface area contributed by atoms with Gasteiger partial charge in [-0.05, 0) is 51.5 Å². The molecule has 1 heterocycles. The molecule has 0 aromatic heterocycles. The van der Waals surface area contributed by atoms with Crippen LogP contribution in [0.1, 0.15) is 33.6 Å². The van der Waals surface area contributed by atoms with Crippen LogP contribution in [0, 0.1) is 0 Å². The number of rotatable bonds is 12. The van der Waals surface area contributed by atoms with Crippen molar-refractivity contribution in [3.8, 4) is 5.75 Å². The Bertz CT molecular complexity index is 682. The van der Waals surface area contributed by atoms with Crippen LogP contribution in [0.4, 0.5) is 5.69 Å². The lowest BCUT2D eigenvalue weighted by Crippen LogP contribution is -2.46. The first-order valence-corrected chi connectivity index (χ1v) is 12.0. The summed E-state index contributed by atoms with van der Waals surface area (Å²) in [5.41, 5.74) is 1.26. The monoisotopic (exact) mass is 446 g/mol. The lowest BCUT2D eigenvalue weighted by atomic mass is 10.2. The smallest absolute Gasteiger partial charge is 0.224 e. The van der Waals surface area contributed by atoms with Gasteiger partial charge in [0.15, 0.2) is 5.96 Å². The van der Waals surface area contributed by atoms with Crippen LogP contribution in [0.15, 0.2) is 29.3 Å². The van der Waals surface area contributed by atoms with Crippen molar-refractivity contribution in [2.45, 2.75) is 33.6 Å². The Hall–Kier alpha value is -2.48. The van der Waals surface area contributed by atoms with Gasteiger partial charge in [-0.3, -0.25) is 14.7 Å². The zero-order valence-electron chi connectivity index (χ0n) is 20.4. The van der Waals surface area contributed by atoms with Gasteiger partial charge in [-0.1, -0.05) is 0 Å². The van der Waals surface area contributed by atoms with Gasteiger partial charge in [0, 0.05) is 77.6 Å². The minimum Gasteiger partial charge on any atom is -0.497 e. The number of benzene rings is 1. The fourth-order valence-corrected chi connectivity index (χ4v) is 3.87. The number of anilines is 1. The molecule has 1 aromatic carbocycles. The minimum atomic E-state index is 0.187. The molecule has 0 saturated carbocycles. The second kappa shape index (κ2) is 14.6. The molecule has 0 radical (unpaired) electrons. The number of aliphatic imine (C=N–C) groups is 1. The highest BCUT2D eigenvalue weighted by atomic mass is 16.5. The third kappa shape index (κ3) is 8.57. The summed E-state index contributed by atoms with van der Waals surface area (Å²) < 4.78 is 5.25. The van der Waals surface area contributed by atoms with Crippen LogP contribution in [0.3, 0.4) is 0 Å². The van der Waals surface area contributed by atoms with Crippen molar-refractivity contribution in [1.29, 1.82) is 0 Å². The predicted octanol–water partition coefficient (Wildman–Crippen LogP) is 2.02. The molecule has 0 spiro atoms. The van der Waals surface area contributed by atoms with Crippen molar-refractivity contribution in [2.24, 2.45) is 4.99 Å². The van der Waals surface area contributed by atoms with Crippen molar-refractivity contribution in [1.82, 2.24) is 20.4 Å². The third-order valence-electron chi connectivity index (χ3n) is 5.80. The SMILES string of the molecule is CCNC(=NCCCN1CCN(c2ccc(OC)cc2)CC1)NCCC(=O)N(CC)CC. The number of nitrogens with one attached hydrogen (secondary N) is 2. The average molecular weight is 447 g/mol. The van der Waals surface area contributed by atoms with Gasteiger partial charge >= 0.3 is 0 Å². The van der Waals surface area contributed by atoms with Crippen LogP contribution in [-0.2, 0) is 4.79 Å². The largest absolute Gasteiger partial charge is 0.497 e. The Morgan fingerprint density at radius 1 is 1.06 bits per heavy atom. The molecule has 2 rings (SSSR count). The molecule has 8 heteroatoms. The molecule has 1 saturated heterocycles. The summed E-state index contributed by atoms with van der Waals surface area (Å²) in [6.45, 7) is 15.1. The van der Waals surface area contributed by atoms with E-state index < -0.39 is 0 Å². The second-order valence-corrected chi connectivity index (χ2v) is 7.88. The molecule has 1 amide bonds. The summed E-state index contributed by atoms with van der Waals surface area (Å²) in [6, 6.07) is 8.31. The van der Waals surface area contributed by atoms with E-state index >= 15 is 0 Å². The zero-order valence-corrected chi connectivity index (χ0v) is 20.4. The second-order valence-electron chi connectivity index (χ2n) is 7.88. The van der Waals surface area contributed by atoms with E-state index in [0.717, 1.165) is 77.0 Å². The van der Waals surface area contributed by atoms with Gasteiger partial charge in [-0.2, -0.15) is 0 Å². The number of hydrogen-bond acceptors (Lipinski definition) is 5. The van der Waals surface area contributed by atoms with Crippen LogP contribution in [0.5, 0.6) is 5.75 Å². The molecular formula is C24H42N6O2. The lowest BCUT2D eigenvalue weighted by molar-refractivity contribution is -0.130. The summed E-state index contributed by atoms with van der Waals surface area (Å²) in [7, 11) is 1.70. The molecule has 180 valence electrons. The number of piperazine rings is 1. The number of ether oxygens (including phenoxy) is 1. The number of nitrogens with zero attached hydrogens (tertiary/aromatic N) is 4. The number of carbonyl (C=O) groups excluding carboxylic acids is 1. The van der Waals surface area contributed by atoms with E-state index in [9.17, 15) is 4.79 Å². The maximum atomic E-state index is 12.1. The minimum absolute atomic E-state index is 0.187. The highest BCUT2D eigenvalue weighted by Crippen LogP contribution is 2.20. The fourth-order valence-electron chi connectivity index (χ4n) is 3.87. The van der Waals surface area contributed by atoms with E-state index in [4.69, 9.17) is 4.74 Å². The maximum absolute atomic E-state index is 12.1. The number of hydrogen-bond donors (Lipinski definition) is 2. The van der Waals surface area contributed by atoms with Gasteiger partial charge in [-0.25, -0.2) is 0 Å². The molecule has 8 nitrogen and oxygen atoms in total. The highest BCUT2D eigenvalue weighted by Gasteiger charge is 2.16. The number of methoxy groups -OCH3 is 1. The lowest BCUT2D eigenvalue weighted by Gasteiger charge is -2.36. The van der Waals surface area contributed by atoms with Gasteiger partial charge in [0.05, 0.1) is 7.11 Å². The Balaban J connectivity index is 1.67. The first kappa shape index (κ1) is 25.8. The van der Waals surface area contributed by atoms with Crippen LogP contribution in [0.2, 0.25) is 0 Å². The van der Waals surface area contributed by atoms with Crippen molar-refractivity contribution < 1.29 is 9.53 Å². The third-order valence-corrected chi connectivity index (χ3v) is 5.80. The van der Waals surface area contributed by atoms with Crippen LogP contribution in [0.25, 0.3) is 0 Å². The molecule has 1 fully saturated rings. The molecule has 0 bridgehead atoms.